The Labute approximate surface area is 118 Å². The van der Waals surface area contributed by atoms with Crippen LogP contribution in [0.4, 0.5) is 5.69 Å². The maximum absolute atomic E-state index is 11.6. The van der Waals surface area contributed by atoms with E-state index in [2.05, 4.69) is 31.2 Å². The molecule has 0 atom stereocenters. The van der Waals surface area contributed by atoms with E-state index in [-0.39, 0.29) is 12.5 Å². The van der Waals surface area contributed by atoms with Gasteiger partial charge in [-0.05, 0) is 28.1 Å². The van der Waals surface area contributed by atoms with Gasteiger partial charge in [0.1, 0.15) is 16.8 Å². The van der Waals surface area contributed by atoms with Crippen LogP contribution in [0.2, 0.25) is 0 Å². The molecule has 0 unspecified atom stereocenters. The van der Waals surface area contributed by atoms with Gasteiger partial charge in [0, 0.05) is 5.56 Å². The highest BCUT2D eigenvalue weighted by atomic mass is 79.9. The van der Waals surface area contributed by atoms with Crippen LogP contribution in [0, 0.1) is 0 Å². The van der Waals surface area contributed by atoms with Crippen molar-refractivity contribution in [2.24, 2.45) is 4.99 Å². The maximum Gasteiger partial charge on any atom is 0.246 e. The number of hydrogen-bond acceptors (Lipinski definition) is 3. The maximum atomic E-state index is 11.6. The number of rotatable bonds is 1. The molecule has 0 saturated heterocycles. The summed E-state index contributed by atoms with van der Waals surface area (Å²) in [4.78, 5) is 20.5. The van der Waals surface area contributed by atoms with Crippen molar-refractivity contribution in [2.45, 2.75) is 0 Å². The summed E-state index contributed by atoms with van der Waals surface area (Å²) in [6, 6.07) is 13.4. The van der Waals surface area contributed by atoms with Crippen LogP contribution in [-0.4, -0.2) is 23.1 Å². The molecule has 1 N–H and O–H groups in total. The summed E-state index contributed by atoms with van der Waals surface area (Å²) >= 11 is 3.35. The van der Waals surface area contributed by atoms with Crippen molar-refractivity contribution < 1.29 is 4.79 Å². The summed E-state index contributed by atoms with van der Waals surface area (Å²) in [6.45, 7) is 0.109. The lowest BCUT2D eigenvalue weighted by molar-refractivity contribution is -0.114. The fraction of sp³-hybridized carbons (Fsp3) is 0.0714. The van der Waals surface area contributed by atoms with E-state index in [1.165, 1.54) is 0 Å². The van der Waals surface area contributed by atoms with Crippen molar-refractivity contribution in [3.05, 3.63) is 58.3 Å². The van der Waals surface area contributed by atoms with Crippen molar-refractivity contribution in [2.75, 3.05) is 11.9 Å². The average molecular weight is 316 g/mol. The van der Waals surface area contributed by atoms with E-state index in [0.29, 0.717) is 16.0 Å². The van der Waals surface area contributed by atoms with Gasteiger partial charge in [-0.2, -0.15) is 0 Å². The second kappa shape index (κ2) is 4.93. The first-order valence-electron chi connectivity index (χ1n) is 5.81. The molecule has 0 fully saturated rings. The Balaban J connectivity index is 2.20. The lowest BCUT2D eigenvalue weighted by Crippen LogP contribution is -2.13. The van der Waals surface area contributed by atoms with Gasteiger partial charge in [0.2, 0.25) is 5.91 Å². The molecule has 4 nitrogen and oxygen atoms in total. The van der Waals surface area contributed by atoms with Crippen LogP contribution in [0.1, 0.15) is 11.3 Å². The highest BCUT2D eigenvalue weighted by Crippen LogP contribution is 2.23. The van der Waals surface area contributed by atoms with Crippen molar-refractivity contribution in [1.29, 1.82) is 0 Å². The quantitative estimate of drug-likeness (QED) is 0.822. The number of aliphatic imine (C=N–C) groups is 1. The molecule has 0 radical (unpaired) electrons. The van der Waals surface area contributed by atoms with Crippen LogP contribution >= 0.6 is 15.9 Å². The number of amides is 1. The van der Waals surface area contributed by atoms with Crippen molar-refractivity contribution in [1.82, 2.24) is 4.98 Å². The molecule has 1 aliphatic rings. The molecule has 2 heterocycles. The Morgan fingerprint density at radius 1 is 1.11 bits per heavy atom. The fourth-order valence-electron chi connectivity index (χ4n) is 1.96. The number of aromatic nitrogens is 1. The first-order chi connectivity index (χ1) is 9.24. The summed E-state index contributed by atoms with van der Waals surface area (Å²) < 4.78 is 0.714. The largest absolute Gasteiger partial charge is 0.323 e. The van der Waals surface area contributed by atoms with Crippen LogP contribution < -0.4 is 5.32 Å². The van der Waals surface area contributed by atoms with Gasteiger partial charge in [-0.25, -0.2) is 4.98 Å². The van der Waals surface area contributed by atoms with Crippen LogP contribution in [0.25, 0.3) is 0 Å². The number of nitrogens with zero attached hydrogens (tertiary/aromatic N) is 2. The summed E-state index contributed by atoms with van der Waals surface area (Å²) in [5, 5.41) is 2.81. The van der Waals surface area contributed by atoms with E-state index >= 15 is 0 Å². The normalized spacial score (nSPS) is 14.2. The molecule has 94 valence electrons. The van der Waals surface area contributed by atoms with Gasteiger partial charge in [0.25, 0.3) is 0 Å². The number of carbonyl (C=O) groups is 1. The topological polar surface area (TPSA) is 54.4 Å². The monoisotopic (exact) mass is 315 g/mol. The average Bonchev–Trinajstić information content (AvgIpc) is 2.58. The zero-order valence-electron chi connectivity index (χ0n) is 9.93. The van der Waals surface area contributed by atoms with Crippen LogP contribution in [0.15, 0.2) is 52.1 Å². The van der Waals surface area contributed by atoms with Gasteiger partial charge in [0.15, 0.2) is 0 Å². The smallest absolute Gasteiger partial charge is 0.246 e. The Kier molecular flexibility index (Phi) is 3.13. The van der Waals surface area contributed by atoms with Gasteiger partial charge in [-0.15, -0.1) is 0 Å². The Morgan fingerprint density at radius 3 is 2.68 bits per heavy atom. The zero-order chi connectivity index (χ0) is 13.2. The minimum Gasteiger partial charge on any atom is -0.323 e. The Morgan fingerprint density at radius 2 is 1.89 bits per heavy atom. The van der Waals surface area contributed by atoms with Gasteiger partial charge in [-0.1, -0.05) is 30.3 Å². The molecule has 0 bridgehead atoms. The SMILES string of the molecule is O=C1CN=C(c2ccccc2)c2nc(Br)ccc2N1. The number of nitrogens with one attached hydrogen (secondary N) is 1. The van der Waals surface area contributed by atoms with Crippen molar-refractivity contribution in [3.63, 3.8) is 0 Å². The van der Waals surface area contributed by atoms with E-state index in [0.717, 1.165) is 11.3 Å². The third kappa shape index (κ3) is 2.42. The Bertz CT molecular complexity index is 668. The van der Waals surface area contributed by atoms with E-state index in [1.54, 1.807) is 6.07 Å². The van der Waals surface area contributed by atoms with E-state index in [9.17, 15) is 4.79 Å². The number of hydrogen-bond donors (Lipinski definition) is 1. The van der Waals surface area contributed by atoms with Gasteiger partial charge in [-0.3, -0.25) is 9.79 Å². The zero-order valence-corrected chi connectivity index (χ0v) is 11.5. The number of carbonyl (C=O) groups excluding carboxylic acids is 1. The minimum atomic E-state index is -0.128. The first kappa shape index (κ1) is 12.0. The third-order valence-corrected chi connectivity index (χ3v) is 3.23. The second-order valence-corrected chi connectivity index (χ2v) is 4.92. The highest BCUT2D eigenvalue weighted by Gasteiger charge is 2.19. The molecule has 1 aromatic carbocycles. The number of fused-ring (bicyclic) bond motifs is 1. The minimum absolute atomic E-state index is 0.109. The summed E-state index contributed by atoms with van der Waals surface area (Å²) in [5.41, 5.74) is 3.06. The summed E-state index contributed by atoms with van der Waals surface area (Å²) in [7, 11) is 0. The molecule has 0 saturated carbocycles. The van der Waals surface area contributed by atoms with Crippen molar-refractivity contribution in [3.8, 4) is 0 Å². The number of anilines is 1. The molecule has 2 aromatic rings. The van der Waals surface area contributed by atoms with Crippen LogP contribution in [0.3, 0.4) is 0 Å². The molecule has 1 aliphatic heterocycles. The fourth-order valence-corrected chi connectivity index (χ4v) is 2.27. The molecule has 1 amide bonds. The Hall–Kier alpha value is -2.01. The number of pyridine rings is 1. The lowest BCUT2D eigenvalue weighted by Gasteiger charge is -2.09. The molecule has 3 rings (SSSR count). The lowest BCUT2D eigenvalue weighted by atomic mass is 10.1. The van der Waals surface area contributed by atoms with E-state index < -0.39 is 0 Å². The molecule has 0 spiro atoms. The van der Waals surface area contributed by atoms with Crippen LogP contribution in [0.5, 0.6) is 0 Å². The van der Waals surface area contributed by atoms with Gasteiger partial charge >= 0.3 is 0 Å². The molecular formula is C14H10BrN3O. The summed E-state index contributed by atoms with van der Waals surface area (Å²) in [5.74, 6) is -0.128. The predicted octanol–water partition coefficient (Wildman–Crippen LogP) is 2.63. The third-order valence-electron chi connectivity index (χ3n) is 2.79. The highest BCUT2D eigenvalue weighted by molar-refractivity contribution is 9.10. The van der Waals surface area contributed by atoms with Gasteiger partial charge < -0.3 is 5.32 Å². The van der Waals surface area contributed by atoms with Gasteiger partial charge in [0.05, 0.1) is 11.4 Å². The number of benzene rings is 1. The second-order valence-electron chi connectivity index (χ2n) is 4.11. The van der Waals surface area contributed by atoms with E-state index in [4.69, 9.17) is 0 Å². The number of halogens is 1. The molecule has 1 aromatic heterocycles. The first-order valence-corrected chi connectivity index (χ1v) is 6.60. The van der Waals surface area contributed by atoms with Crippen LogP contribution in [-0.2, 0) is 4.79 Å². The molecule has 19 heavy (non-hydrogen) atoms. The van der Waals surface area contributed by atoms with Crippen molar-refractivity contribution >= 4 is 33.2 Å². The van der Waals surface area contributed by atoms with E-state index in [1.807, 2.05) is 36.4 Å². The molecular weight excluding hydrogens is 306 g/mol. The summed E-state index contributed by atoms with van der Waals surface area (Å²) in [6.07, 6.45) is 0. The molecule has 0 aliphatic carbocycles. The standard InChI is InChI=1S/C14H10BrN3O/c15-11-7-6-10-14(18-11)13(16-8-12(19)17-10)9-4-2-1-3-5-9/h1-7H,8H2,(H,17,19). The predicted molar refractivity (Wildman–Crippen MR) is 77.5 cm³/mol. The molecule has 5 heteroatoms.